The highest BCUT2D eigenvalue weighted by molar-refractivity contribution is 8.14. The quantitative estimate of drug-likeness (QED) is 0.246. The Morgan fingerprint density at radius 2 is 1.63 bits per heavy atom. The number of hydrogen-bond acceptors (Lipinski definition) is 6. The molecule has 6 rings (SSSR count). The van der Waals surface area contributed by atoms with E-state index in [0.717, 1.165) is 55.1 Å². The Labute approximate surface area is 259 Å². The highest BCUT2D eigenvalue weighted by Gasteiger charge is 2.58. The lowest BCUT2D eigenvalue weighted by atomic mass is 9.51. The topological polar surface area (TPSA) is 71.5 Å². The number of fused-ring (bicyclic) bond motifs is 4. The summed E-state index contributed by atoms with van der Waals surface area (Å²) < 4.78 is 0. The first-order valence-electron chi connectivity index (χ1n) is 15.6. The lowest BCUT2D eigenvalue weighted by molar-refractivity contribution is -0.125. The Balaban J connectivity index is 1.48. The normalized spacial score (nSPS) is 28.2. The van der Waals surface area contributed by atoms with E-state index in [9.17, 15) is 19.2 Å². The minimum atomic E-state index is -0.164. The molecular formula is C37H41NO4S. The summed E-state index contributed by atoms with van der Waals surface area (Å²) in [6.07, 6.45) is 5.38. The van der Waals surface area contributed by atoms with Crippen LogP contribution in [0.15, 0.2) is 76.9 Å². The molecule has 5 atom stereocenters. The molecule has 2 fully saturated rings. The first-order chi connectivity index (χ1) is 20.6. The average molecular weight is 596 g/mol. The van der Waals surface area contributed by atoms with Gasteiger partial charge in [-0.25, -0.2) is 0 Å². The second kappa shape index (κ2) is 11.7. The highest BCUT2D eigenvalue weighted by Crippen LogP contribution is 2.66. The average Bonchev–Trinajstić information content (AvgIpc) is 3.36. The maximum absolute atomic E-state index is 13.8. The van der Waals surface area contributed by atoms with Crippen LogP contribution in [0.2, 0.25) is 0 Å². The predicted octanol–water partition coefficient (Wildman–Crippen LogP) is 7.37. The predicted molar refractivity (Wildman–Crippen MR) is 172 cm³/mol. The lowest BCUT2D eigenvalue weighted by Gasteiger charge is -2.52. The first-order valence-corrected chi connectivity index (χ1v) is 16.6. The summed E-state index contributed by atoms with van der Waals surface area (Å²) in [6, 6.07) is 18.0. The maximum Gasteiger partial charge on any atom is 0.196 e. The van der Waals surface area contributed by atoms with Crippen LogP contribution in [0.3, 0.4) is 0 Å². The molecule has 0 N–H and O–H groups in total. The summed E-state index contributed by atoms with van der Waals surface area (Å²) >= 11 is 1.13. The van der Waals surface area contributed by atoms with E-state index in [1.165, 1.54) is 23.6 Å². The molecule has 0 radical (unpaired) electrons. The van der Waals surface area contributed by atoms with E-state index in [0.29, 0.717) is 35.8 Å². The second-order valence-electron chi connectivity index (χ2n) is 13.3. The Kier molecular flexibility index (Phi) is 8.10. The molecule has 0 bridgehead atoms. The molecule has 2 aromatic rings. The lowest BCUT2D eigenvalue weighted by Crippen LogP contribution is -2.45. The molecular weight excluding hydrogens is 554 g/mol. The number of anilines is 1. The number of hydrogen-bond donors (Lipinski definition) is 0. The van der Waals surface area contributed by atoms with Crippen LogP contribution < -0.4 is 4.90 Å². The van der Waals surface area contributed by atoms with Gasteiger partial charge in [-0.1, -0.05) is 66.7 Å². The number of nitrogens with zero attached hydrogens (tertiary/aromatic N) is 1. The molecule has 2 aromatic carbocycles. The smallest absolute Gasteiger partial charge is 0.196 e. The fraction of sp³-hybridized carbons (Fsp3) is 0.459. The Morgan fingerprint density at radius 3 is 2.30 bits per heavy atom. The van der Waals surface area contributed by atoms with Crippen LogP contribution in [-0.2, 0) is 14.4 Å². The maximum atomic E-state index is 13.8. The van der Waals surface area contributed by atoms with E-state index in [1.807, 2.05) is 32.3 Å². The summed E-state index contributed by atoms with van der Waals surface area (Å²) in [4.78, 5) is 54.5. The van der Waals surface area contributed by atoms with Gasteiger partial charge in [-0.2, -0.15) is 0 Å². The van der Waals surface area contributed by atoms with Crippen molar-refractivity contribution in [2.24, 2.45) is 23.2 Å². The van der Waals surface area contributed by atoms with Crippen LogP contribution in [0, 0.1) is 23.2 Å². The third kappa shape index (κ3) is 5.26. The number of benzene rings is 2. The summed E-state index contributed by atoms with van der Waals surface area (Å²) in [6.45, 7) is 3.86. The molecule has 4 aliphatic carbocycles. The molecule has 43 heavy (non-hydrogen) atoms. The molecule has 5 nitrogen and oxygen atoms in total. The van der Waals surface area contributed by atoms with Crippen LogP contribution in [0.25, 0.3) is 0 Å². The zero-order valence-corrected chi connectivity index (χ0v) is 26.5. The fourth-order valence-corrected chi connectivity index (χ4v) is 9.41. The van der Waals surface area contributed by atoms with Gasteiger partial charge in [-0.3, -0.25) is 19.2 Å². The number of ketones is 3. The standard InChI is InChI=1S/C37H41NO4S/c1-22(39)43-21-33(41)31-18-17-30-28-15-14-27-26(16-19-32(40)35(27)36(42)24-8-6-5-7-9-24)34(28)29(20-37(30,31)2)23-10-12-25(13-11-23)38(3)4/h5-13,28-31H,14-21H2,1-4H3. The van der Waals surface area contributed by atoms with Crippen LogP contribution in [-0.4, -0.2) is 42.3 Å². The summed E-state index contributed by atoms with van der Waals surface area (Å²) in [5, 5.41) is -0.0122. The van der Waals surface area contributed by atoms with Crippen LogP contribution in [0.4, 0.5) is 5.69 Å². The highest BCUT2D eigenvalue weighted by atomic mass is 32.2. The third-order valence-electron chi connectivity index (χ3n) is 10.8. The molecule has 224 valence electrons. The van der Waals surface area contributed by atoms with Crippen molar-refractivity contribution >= 4 is 39.9 Å². The first kappa shape index (κ1) is 29.8. The zero-order chi connectivity index (χ0) is 30.5. The molecule has 0 spiro atoms. The summed E-state index contributed by atoms with van der Waals surface area (Å²) in [5.74, 6) is 1.02. The summed E-state index contributed by atoms with van der Waals surface area (Å²) in [5.41, 5.74) is 6.80. The van der Waals surface area contributed by atoms with E-state index >= 15 is 0 Å². The molecule has 0 aliphatic heterocycles. The summed E-state index contributed by atoms with van der Waals surface area (Å²) in [7, 11) is 4.08. The van der Waals surface area contributed by atoms with Crippen molar-refractivity contribution in [3.63, 3.8) is 0 Å². The van der Waals surface area contributed by atoms with Crippen LogP contribution >= 0.6 is 11.8 Å². The molecule has 4 aliphatic rings. The van der Waals surface area contributed by atoms with Crippen LogP contribution in [0.5, 0.6) is 0 Å². The van der Waals surface area contributed by atoms with Gasteiger partial charge in [0, 0.05) is 50.5 Å². The minimum absolute atomic E-state index is 0.0122. The molecule has 0 aromatic heterocycles. The van der Waals surface area contributed by atoms with Gasteiger partial charge in [0.25, 0.3) is 0 Å². The number of rotatable bonds is 7. The van der Waals surface area contributed by atoms with Crippen molar-refractivity contribution in [2.45, 2.75) is 64.7 Å². The third-order valence-corrected chi connectivity index (χ3v) is 11.6. The van der Waals surface area contributed by atoms with Gasteiger partial charge >= 0.3 is 0 Å². The van der Waals surface area contributed by atoms with Gasteiger partial charge in [-0.15, -0.1) is 0 Å². The number of allylic oxidation sites excluding steroid dienone is 4. The van der Waals surface area contributed by atoms with Gasteiger partial charge in [0.15, 0.2) is 16.7 Å². The largest absolute Gasteiger partial charge is 0.378 e. The number of carbonyl (C=O) groups excluding carboxylic acids is 4. The molecule has 2 saturated carbocycles. The van der Waals surface area contributed by atoms with Gasteiger partial charge in [0.1, 0.15) is 5.78 Å². The fourth-order valence-electron chi connectivity index (χ4n) is 8.86. The van der Waals surface area contributed by atoms with E-state index < -0.39 is 0 Å². The number of thioether (sulfide) groups is 1. The Hall–Kier alpha value is -3.25. The van der Waals surface area contributed by atoms with Gasteiger partial charge < -0.3 is 4.90 Å². The van der Waals surface area contributed by atoms with E-state index in [4.69, 9.17) is 0 Å². The van der Waals surface area contributed by atoms with Crippen molar-refractivity contribution < 1.29 is 19.2 Å². The number of Topliss-reactive ketones (excluding diaryl/α,β-unsaturated/α-hetero) is 3. The van der Waals surface area contributed by atoms with Crippen molar-refractivity contribution in [3.05, 3.63) is 88.0 Å². The minimum Gasteiger partial charge on any atom is -0.378 e. The van der Waals surface area contributed by atoms with Gasteiger partial charge in [0.05, 0.1) is 11.3 Å². The number of carbonyl (C=O) groups is 4. The van der Waals surface area contributed by atoms with Crippen LogP contribution in [0.1, 0.15) is 80.6 Å². The zero-order valence-electron chi connectivity index (χ0n) is 25.7. The van der Waals surface area contributed by atoms with Gasteiger partial charge in [0.2, 0.25) is 0 Å². The van der Waals surface area contributed by atoms with E-state index in [2.05, 4.69) is 36.1 Å². The van der Waals surface area contributed by atoms with Crippen molar-refractivity contribution in [3.8, 4) is 0 Å². The SMILES string of the molecule is CC(=O)SCC(=O)C1CCC2C3CCC4=C(C(=O)c5ccccc5)C(=O)CCC4=C3C(c3ccc(N(C)C)cc3)CC12C. The molecule has 6 heteroatoms. The monoisotopic (exact) mass is 595 g/mol. The molecule has 0 heterocycles. The van der Waals surface area contributed by atoms with E-state index in [1.54, 1.807) is 12.1 Å². The molecule has 0 amide bonds. The Bertz CT molecular complexity index is 1540. The second-order valence-corrected chi connectivity index (χ2v) is 14.4. The van der Waals surface area contributed by atoms with Crippen molar-refractivity contribution in [2.75, 3.05) is 24.7 Å². The molecule has 5 unspecified atom stereocenters. The Morgan fingerprint density at radius 1 is 0.907 bits per heavy atom. The van der Waals surface area contributed by atoms with Crippen molar-refractivity contribution in [1.29, 1.82) is 0 Å². The molecule has 0 saturated heterocycles. The van der Waals surface area contributed by atoms with E-state index in [-0.39, 0.29) is 45.5 Å². The van der Waals surface area contributed by atoms with Gasteiger partial charge in [-0.05, 0) is 84.6 Å². The van der Waals surface area contributed by atoms with Crippen molar-refractivity contribution in [1.82, 2.24) is 0 Å².